The van der Waals surface area contributed by atoms with Gasteiger partial charge in [-0.25, -0.2) is 17.9 Å². The van der Waals surface area contributed by atoms with Crippen LogP contribution in [0, 0.1) is 9.39 Å². The van der Waals surface area contributed by atoms with E-state index in [1.54, 1.807) is 18.2 Å². The molecule has 0 unspecified atom stereocenters. The third-order valence-corrected chi connectivity index (χ3v) is 5.43. The minimum Gasteiger partial charge on any atom is -0.354 e. The molecule has 0 aliphatic carbocycles. The molecule has 1 heterocycles. The van der Waals surface area contributed by atoms with Crippen molar-refractivity contribution in [1.29, 1.82) is 0 Å². The van der Waals surface area contributed by atoms with Gasteiger partial charge in [-0.15, -0.1) is 0 Å². The Morgan fingerprint density at radius 2 is 1.88 bits per heavy atom. The number of hydrogen-bond donors (Lipinski definition) is 4. The summed E-state index contributed by atoms with van der Waals surface area (Å²) < 4.78 is 38.5. The van der Waals surface area contributed by atoms with Crippen LogP contribution in [0.1, 0.15) is 0 Å². The highest BCUT2D eigenvalue weighted by Gasteiger charge is 2.21. The van der Waals surface area contributed by atoms with Crippen molar-refractivity contribution in [2.24, 2.45) is 5.14 Å². The lowest BCUT2D eigenvalue weighted by Crippen LogP contribution is -2.15. The summed E-state index contributed by atoms with van der Waals surface area (Å²) in [5.74, 6) is -1.05. The van der Waals surface area contributed by atoms with Crippen LogP contribution in [0.4, 0.5) is 15.8 Å². The number of anilines is 2. The summed E-state index contributed by atoms with van der Waals surface area (Å²) in [6, 6.07) is 7.12. The number of benzene rings is 2. The number of sulfonamides is 1. The third kappa shape index (κ3) is 3.77. The smallest absolute Gasteiger partial charge is 0.271 e. The van der Waals surface area contributed by atoms with Crippen LogP contribution in [0.25, 0.3) is 11.1 Å². The molecule has 0 amide bonds. The fourth-order valence-electron chi connectivity index (χ4n) is 2.34. The molecule has 0 saturated carbocycles. The number of aromatic amines is 2. The van der Waals surface area contributed by atoms with Crippen molar-refractivity contribution in [1.82, 2.24) is 10.2 Å². The highest BCUT2D eigenvalue weighted by atomic mass is 127. The molecule has 7 nitrogen and oxygen atoms in total. The number of halogens is 3. The van der Waals surface area contributed by atoms with E-state index < -0.39 is 26.3 Å². The first-order valence-corrected chi connectivity index (χ1v) is 10.0. The van der Waals surface area contributed by atoms with Gasteiger partial charge in [-0.05, 0) is 52.9 Å². The fraction of sp³-hybridized carbons (Fsp3) is 0. The molecule has 0 radical (unpaired) electrons. The molecule has 0 atom stereocenters. The Bertz CT molecular complexity index is 1160. The normalized spacial score (nSPS) is 11.5. The molecule has 0 fully saturated rings. The second-order valence-electron chi connectivity index (χ2n) is 5.28. The van der Waals surface area contributed by atoms with Crippen molar-refractivity contribution in [2.75, 3.05) is 5.32 Å². The van der Waals surface area contributed by atoms with E-state index in [0.29, 0.717) is 10.7 Å². The first-order valence-electron chi connectivity index (χ1n) is 7.01. The van der Waals surface area contributed by atoms with E-state index in [4.69, 9.17) is 16.7 Å². The summed E-state index contributed by atoms with van der Waals surface area (Å²) in [6.07, 6.45) is 1.34. The molecule has 2 aromatic carbocycles. The van der Waals surface area contributed by atoms with Gasteiger partial charge in [-0.1, -0.05) is 11.6 Å². The zero-order valence-corrected chi connectivity index (χ0v) is 16.5. The Morgan fingerprint density at radius 3 is 2.46 bits per heavy atom. The summed E-state index contributed by atoms with van der Waals surface area (Å²) in [5, 5.41) is 13.2. The largest absolute Gasteiger partial charge is 0.354 e. The lowest BCUT2D eigenvalue weighted by molar-refractivity contribution is 0.568. The molecule has 3 rings (SSSR count). The molecule has 136 valence electrons. The van der Waals surface area contributed by atoms with Gasteiger partial charge in [0.25, 0.3) is 5.56 Å². The summed E-state index contributed by atoms with van der Waals surface area (Å²) in [5.41, 5.74) is 0.367. The molecule has 0 bridgehead atoms. The highest BCUT2D eigenvalue weighted by Crippen LogP contribution is 2.34. The van der Waals surface area contributed by atoms with E-state index in [9.17, 15) is 17.6 Å². The van der Waals surface area contributed by atoms with Gasteiger partial charge in [0.1, 0.15) is 10.7 Å². The Hall–Kier alpha value is -1.89. The standard InChI is InChI=1S/C15H11ClFIN4O3S/c16-10-3-7(18)1-2-12(10)21-13-5-11(17)14(26(19,24)25)4-8(13)9-6-20-22-15(9)23/h1-6,21H,(H2,19,24,25)(H2,20,22,23). The molecule has 3 aromatic rings. The zero-order valence-electron chi connectivity index (χ0n) is 12.8. The predicted octanol–water partition coefficient (Wildman–Crippen LogP) is 3.16. The van der Waals surface area contributed by atoms with Gasteiger partial charge in [0.2, 0.25) is 10.0 Å². The van der Waals surface area contributed by atoms with Gasteiger partial charge in [-0.2, -0.15) is 0 Å². The molecule has 26 heavy (non-hydrogen) atoms. The fourth-order valence-corrected chi connectivity index (χ4v) is 3.86. The maximum atomic E-state index is 14.3. The van der Waals surface area contributed by atoms with E-state index in [2.05, 4.69) is 38.1 Å². The van der Waals surface area contributed by atoms with Crippen LogP contribution in [-0.2, 0) is 10.0 Å². The molecule has 11 heteroatoms. The summed E-state index contributed by atoms with van der Waals surface area (Å²) in [7, 11) is -4.32. The predicted molar refractivity (Wildman–Crippen MR) is 106 cm³/mol. The van der Waals surface area contributed by atoms with Crippen molar-refractivity contribution in [3.05, 3.63) is 61.3 Å². The lowest BCUT2D eigenvalue weighted by Gasteiger charge is -2.14. The van der Waals surface area contributed by atoms with Crippen molar-refractivity contribution in [3.8, 4) is 11.1 Å². The van der Waals surface area contributed by atoms with Crippen LogP contribution in [0.5, 0.6) is 0 Å². The van der Waals surface area contributed by atoms with Crippen molar-refractivity contribution in [2.45, 2.75) is 4.90 Å². The van der Waals surface area contributed by atoms with Crippen LogP contribution in [0.2, 0.25) is 5.02 Å². The van der Waals surface area contributed by atoms with Crippen molar-refractivity contribution < 1.29 is 12.8 Å². The van der Waals surface area contributed by atoms with Crippen molar-refractivity contribution in [3.63, 3.8) is 0 Å². The minimum atomic E-state index is -4.32. The number of nitrogens with two attached hydrogens (primary N) is 1. The van der Waals surface area contributed by atoms with Crippen LogP contribution >= 0.6 is 34.2 Å². The first kappa shape index (κ1) is 18.9. The van der Waals surface area contributed by atoms with E-state index in [-0.39, 0.29) is 16.8 Å². The average molecular weight is 509 g/mol. The second-order valence-corrected chi connectivity index (χ2v) is 8.46. The van der Waals surface area contributed by atoms with Gasteiger partial charge in [0.15, 0.2) is 0 Å². The summed E-state index contributed by atoms with van der Waals surface area (Å²) >= 11 is 8.27. The molecular formula is C15H11ClFIN4O3S. The maximum absolute atomic E-state index is 14.3. The van der Waals surface area contributed by atoms with Gasteiger partial charge >= 0.3 is 0 Å². The quantitative estimate of drug-likeness (QED) is 0.405. The van der Waals surface area contributed by atoms with Gasteiger partial charge in [0, 0.05) is 21.0 Å². The maximum Gasteiger partial charge on any atom is 0.271 e. The molecule has 0 aliphatic heterocycles. The van der Waals surface area contributed by atoms with E-state index in [1.165, 1.54) is 6.20 Å². The first-order chi connectivity index (χ1) is 12.2. The number of H-pyrrole nitrogens is 2. The highest BCUT2D eigenvalue weighted by molar-refractivity contribution is 14.1. The van der Waals surface area contributed by atoms with E-state index in [0.717, 1.165) is 15.7 Å². The minimum absolute atomic E-state index is 0.110. The Balaban J connectivity index is 2.22. The van der Waals surface area contributed by atoms with E-state index >= 15 is 0 Å². The van der Waals surface area contributed by atoms with Crippen molar-refractivity contribution >= 4 is 55.6 Å². The number of primary sulfonamides is 1. The van der Waals surface area contributed by atoms with Gasteiger partial charge < -0.3 is 10.4 Å². The summed E-state index contributed by atoms with van der Waals surface area (Å²) in [6.45, 7) is 0. The monoisotopic (exact) mass is 508 g/mol. The summed E-state index contributed by atoms with van der Waals surface area (Å²) in [4.78, 5) is 11.3. The number of rotatable bonds is 4. The average Bonchev–Trinajstić information content (AvgIpc) is 2.95. The van der Waals surface area contributed by atoms with Crippen LogP contribution in [-0.4, -0.2) is 18.6 Å². The van der Waals surface area contributed by atoms with Gasteiger partial charge in [-0.3, -0.25) is 9.89 Å². The molecule has 5 N–H and O–H groups in total. The number of aromatic nitrogens is 2. The molecule has 1 aromatic heterocycles. The molecule has 0 spiro atoms. The lowest BCUT2D eigenvalue weighted by atomic mass is 10.1. The van der Waals surface area contributed by atoms with Gasteiger partial charge in [0.05, 0.1) is 16.3 Å². The SMILES string of the molecule is NS(=O)(=O)c1cc(-c2c[nH][nH]c2=O)c(Nc2ccc(I)cc2Cl)cc1F. The number of hydrogen-bond acceptors (Lipinski definition) is 4. The van der Waals surface area contributed by atoms with Crippen LogP contribution in [0.15, 0.2) is 46.2 Å². The van der Waals surface area contributed by atoms with Crippen LogP contribution < -0.4 is 16.0 Å². The molecular weight excluding hydrogens is 498 g/mol. The topological polar surface area (TPSA) is 121 Å². The third-order valence-electron chi connectivity index (χ3n) is 3.52. The Kier molecular flexibility index (Phi) is 5.10. The Labute approximate surface area is 165 Å². The van der Waals surface area contributed by atoms with E-state index in [1.807, 2.05) is 0 Å². The molecule has 0 aliphatic rings. The zero-order chi connectivity index (χ0) is 19.1. The second kappa shape index (κ2) is 7.02. The van der Waals surface area contributed by atoms with Crippen LogP contribution in [0.3, 0.4) is 0 Å². The Morgan fingerprint density at radius 1 is 1.15 bits per heavy atom. The number of nitrogens with one attached hydrogen (secondary N) is 3. The molecule has 0 saturated heterocycles.